The molecule has 0 unspecified atom stereocenters. The first kappa shape index (κ1) is 12.9. The van der Waals surface area contributed by atoms with E-state index in [-0.39, 0.29) is 17.1 Å². The third kappa shape index (κ3) is 2.64. The zero-order chi connectivity index (χ0) is 13.0. The van der Waals surface area contributed by atoms with E-state index in [1.807, 2.05) is 0 Å². The van der Waals surface area contributed by atoms with Gasteiger partial charge in [-0.3, -0.25) is 4.79 Å². The van der Waals surface area contributed by atoms with Crippen LogP contribution in [0.1, 0.15) is 26.2 Å². The number of anilines is 1. The van der Waals surface area contributed by atoms with Crippen LogP contribution >= 0.6 is 0 Å². The Balaban J connectivity index is 2.10. The van der Waals surface area contributed by atoms with Crippen molar-refractivity contribution < 1.29 is 9.90 Å². The number of phenolic OH excluding ortho intramolecular Hbond substituents is 1. The number of rotatable bonds is 3. The first-order valence-corrected chi connectivity index (χ1v) is 6.47. The lowest BCUT2D eigenvalue weighted by Crippen LogP contribution is -2.44. The normalized spacial score (nSPS) is 18.3. The van der Waals surface area contributed by atoms with Crippen molar-refractivity contribution in [3.8, 4) is 5.75 Å². The number of piperidine rings is 1. The molecule has 18 heavy (non-hydrogen) atoms. The molecule has 0 bridgehead atoms. The summed E-state index contributed by atoms with van der Waals surface area (Å²) in [7, 11) is 0. The number of nitrogens with one attached hydrogen (secondary N) is 2. The molecule has 1 saturated heterocycles. The van der Waals surface area contributed by atoms with Crippen LogP contribution < -0.4 is 10.6 Å². The Kier molecular flexibility index (Phi) is 3.87. The van der Waals surface area contributed by atoms with Crippen molar-refractivity contribution >= 4 is 11.6 Å². The van der Waals surface area contributed by atoms with Crippen LogP contribution in [0, 0.1) is 5.41 Å². The largest absolute Gasteiger partial charge is 0.508 e. The topological polar surface area (TPSA) is 61.4 Å². The molecule has 3 N–H and O–H groups in total. The summed E-state index contributed by atoms with van der Waals surface area (Å²) in [6.45, 7) is 3.84. The number of benzene rings is 1. The van der Waals surface area contributed by atoms with Gasteiger partial charge in [-0.15, -0.1) is 0 Å². The molecular formula is C14H20N2O2. The van der Waals surface area contributed by atoms with E-state index in [1.165, 1.54) is 0 Å². The van der Waals surface area contributed by atoms with Gasteiger partial charge in [0.25, 0.3) is 0 Å². The number of aromatic hydroxyl groups is 1. The first-order chi connectivity index (χ1) is 8.66. The van der Waals surface area contributed by atoms with Gasteiger partial charge in [-0.2, -0.15) is 0 Å². The van der Waals surface area contributed by atoms with Crippen LogP contribution in [0.2, 0.25) is 0 Å². The second-order valence-electron chi connectivity index (χ2n) is 4.89. The van der Waals surface area contributed by atoms with Crippen molar-refractivity contribution in [2.45, 2.75) is 26.2 Å². The van der Waals surface area contributed by atoms with E-state index in [1.54, 1.807) is 24.3 Å². The Morgan fingerprint density at radius 3 is 2.78 bits per heavy atom. The number of phenols is 1. The van der Waals surface area contributed by atoms with Crippen LogP contribution in [0.4, 0.5) is 5.69 Å². The summed E-state index contributed by atoms with van der Waals surface area (Å²) in [5, 5.41) is 15.6. The van der Waals surface area contributed by atoms with Gasteiger partial charge in [0, 0.05) is 11.8 Å². The van der Waals surface area contributed by atoms with E-state index in [2.05, 4.69) is 17.6 Å². The summed E-state index contributed by atoms with van der Waals surface area (Å²) in [5.41, 5.74) is 0.392. The zero-order valence-electron chi connectivity index (χ0n) is 10.7. The minimum atomic E-state index is -0.267. The van der Waals surface area contributed by atoms with Gasteiger partial charge in [-0.05, 0) is 44.5 Å². The van der Waals surface area contributed by atoms with Crippen LogP contribution in [-0.4, -0.2) is 24.1 Å². The average Bonchev–Trinajstić information content (AvgIpc) is 2.39. The van der Waals surface area contributed by atoms with Gasteiger partial charge in [0.1, 0.15) is 5.75 Å². The van der Waals surface area contributed by atoms with Gasteiger partial charge in [0.15, 0.2) is 0 Å². The third-order valence-corrected chi connectivity index (χ3v) is 3.82. The molecule has 0 saturated carbocycles. The fourth-order valence-corrected chi connectivity index (χ4v) is 2.49. The van der Waals surface area contributed by atoms with Crippen LogP contribution in [0.3, 0.4) is 0 Å². The predicted octanol–water partition coefficient (Wildman–Crippen LogP) is 2.11. The zero-order valence-corrected chi connectivity index (χ0v) is 10.7. The highest BCUT2D eigenvalue weighted by Gasteiger charge is 2.37. The monoisotopic (exact) mass is 248 g/mol. The SMILES string of the molecule is CCC1(C(=O)Nc2cccc(O)c2)CCNCC1. The molecule has 1 aliphatic heterocycles. The summed E-state index contributed by atoms with van der Waals surface area (Å²) in [5.74, 6) is 0.237. The first-order valence-electron chi connectivity index (χ1n) is 6.47. The summed E-state index contributed by atoms with van der Waals surface area (Å²) in [6.07, 6.45) is 2.58. The summed E-state index contributed by atoms with van der Waals surface area (Å²) in [6, 6.07) is 6.69. The lowest BCUT2D eigenvalue weighted by molar-refractivity contribution is -0.127. The molecule has 0 aromatic heterocycles. The van der Waals surface area contributed by atoms with Crippen LogP contribution in [0.25, 0.3) is 0 Å². The molecule has 1 fully saturated rings. The lowest BCUT2D eigenvalue weighted by Gasteiger charge is -2.35. The molecule has 1 amide bonds. The number of carbonyl (C=O) groups excluding carboxylic acids is 1. The van der Waals surface area contributed by atoms with Crippen LogP contribution in [0.15, 0.2) is 24.3 Å². The number of hydrogen-bond donors (Lipinski definition) is 3. The van der Waals surface area contributed by atoms with Crippen molar-refractivity contribution in [3.05, 3.63) is 24.3 Å². The van der Waals surface area contributed by atoms with Gasteiger partial charge >= 0.3 is 0 Å². The maximum Gasteiger partial charge on any atom is 0.230 e. The molecular weight excluding hydrogens is 228 g/mol. The van der Waals surface area contributed by atoms with Crippen molar-refractivity contribution in [3.63, 3.8) is 0 Å². The summed E-state index contributed by atoms with van der Waals surface area (Å²) in [4.78, 5) is 12.4. The molecule has 4 nitrogen and oxygen atoms in total. The highest BCUT2D eigenvalue weighted by molar-refractivity contribution is 5.95. The van der Waals surface area contributed by atoms with Gasteiger partial charge < -0.3 is 15.7 Å². The molecule has 1 aromatic rings. The van der Waals surface area contributed by atoms with Gasteiger partial charge in [0.05, 0.1) is 5.41 Å². The molecule has 1 heterocycles. The highest BCUT2D eigenvalue weighted by atomic mass is 16.3. The van der Waals surface area contributed by atoms with Crippen molar-refractivity contribution in [2.75, 3.05) is 18.4 Å². The second kappa shape index (κ2) is 5.40. The molecule has 98 valence electrons. The standard InChI is InChI=1S/C14H20N2O2/c1-2-14(6-8-15-9-7-14)13(18)16-11-4-3-5-12(17)10-11/h3-5,10,15,17H,2,6-9H2,1H3,(H,16,18). The Hall–Kier alpha value is -1.55. The molecule has 0 atom stereocenters. The maximum atomic E-state index is 12.4. The smallest absolute Gasteiger partial charge is 0.230 e. The lowest BCUT2D eigenvalue weighted by atomic mass is 9.76. The number of amides is 1. The Morgan fingerprint density at radius 1 is 1.44 bits per heavy atom. The molecule has 0 spiro atoms. The molecule has 2 rings (SSSR count). The van der Waals surface area contributed by atoms with Crippen LogP contribution in [-0.2, 0) is 4.79 Å². The van der Waals surface area contributed by atoms with Crippen LogP contribution in [0.5, 0.6) is 5.75 Å². The Labute approximate surface area is 107 Å². The van der Waals surface area contributed by atoms with E-state index < -0.39 is 0 Å². The maximum absolute atomic E-state index is 12.4. The van der Waals surface area contributed by atoms with Crippen molar-refractivity contribution in [1.82, 2.24) is 5.32 Å². The minimum absolute atomic E-state index is 0.0668. The van der Waals surface area contributed by atoms with Crippen molar-refractivity contribution in [1.29, 1.82) is 0 Å². The van der Waals surface area contributed by atoms with Gasteiger partial charge in [0.2, 0.25) is 5.91 Å². The van der Waals surface area contributed by atoms with Gasteiger partial charge in [-0.1, -0.05) is 13.0 Å². The Morgan fingerprint density at radius 2 is 2.17 bits per heavy atom. The quantitative estimate of drug-likeness (QED) is 0.767. The number of carbonyl (C=O) groups is 1. The molecule has 1 aromatic carbocycles. The minimum Gasteiger partial charge on any atom is -0.508 e. The van der Waals surface area contributed by atoms with E-state index in [0.717, 1.165) is 32.4 Å². The predicted molar refractivity (Wildman–Crippen MR) is 71.6 cm³/mol. The van der Waals surface area contributed by atoms with E-state index in [0.29, 0.717) is 5.69 Å². The van der Waals surface area contributed by atoms with E-state index in [9.17, 15) is 9.90 Å². The van der Waals surface area contributed by atoms with E-state index >= 15 is 0 Å². The van der Waals surface area contributed by atoms with E-state index in [4.69, 9.17) is 0 Å². The molecule has 1 aliphatic rings. The molecule has 0 aliphatic carbocycles. The summed E-state index contributed by atoms with van der Waals surface area (Å²) < 4.78 is 0. The van der Waals surface area contributed by atoms with Crippen molar-refractivity contribution in [2.24, 2.45) is 5.41 Å². The molecule has 0 radical (unpaired) electrons. The summed E-state index contributed by atoms with van der Waals surface area (Å²) >= 11 is 0. The highest BCUT2D eigenvalue weighted by Crippen LogP contribution is 2.34. The Bertz CT molecular complexity index is 426. The van der Waals surface area contributed by atoms with Gasteiger partial charge in [-0.25, -0.2) is 0 Å². The third-order valence-electron chi connectivity index (χ3n) is 3.82. The fraction of sp³-hybridized carbons (Fsp3) is 0.500. The number of hydrogen-bond acceptors (Lipinski definition) is 3. The molecule has 4 heteroatoms. The average molecular weight is 248 g/mol. The fourth-order valence-electron chi connectivity index (χ4n) is 2.49. The second-order valence-corrected chi connectivity index (χ2v) is 4.89.